The van der Waals surface area contributed by atoms with E-state index in [1.807, 2.05) is 4.90 Å². The van der Waals surface area contributed by atoms with E-state index in [1.54, 1.807) is 0 Å². The molecule has 2 heterocycles. The third-order valence-electron chi connectivity index (χ3n) is 3.96. The number of carbonyl (C=O) groups excluding carboxylic acids is 1. The zero-order chi connectivity index (χ0) is 13.8. The Kier molecular flexibility index (Phi) is 5.10. The van der Waals surface area contributed by atoms with Gasteiger partial charge in [0.15, 0.2) is 0 Å². The minimum absolute atomic E-state index is 0.00349. The van der Waals surface area contributed by atoms with Crippen molar-refractivity contribution in [2.24, 2.45) is 0 Å². The van der Waals surface area contributed by atoms with Gasteiger partial charge in [0, 0.05) is 25.2 Å². The highest BCUT2D eigenvalue weighted by atomic mass is 32.2. The number of fused-ring (bicyclic) bond motifs is 1. The molecule has 0 aromatic heterocycles. The number of carbonyl (C=O) groups is 2. The summed E-state index contributed by atoms with van der Waals surface area (Å²) in [6.45, 7) is 5.02. The van der Waals surface area contributed by atoms with E-state index in [0.29, 0.717) is 6.04 Å². The molecular weight excluding hydrogens is 264 g/mol. The van der Waals surface area contributed by atoms with Crippen LogP contribution in [-0.2, 0) is 9.59 Å². The van der Waals surface area contributed by atoms with Gasteiger partial charge in [-0.3, -0.25) is 14.5 Å². The number of thioether (sulfide) groups is 1. The quantitative estimate of drug-likeness (QED) is 0.831. The molecule has 2 unspecified atom stereocenters. The van der Waals surface area contributed by atoms with Crippen LogP contribution in [0.15, 0.2) is 0 Å². The van der Waals surface area contributed by atoms with Gasteiger partial charge in [0.2, 0.25) is 5.91 Å². The van der Waals surface area contributed by atoms with Gasteiger partial charge in [-0.05, 0) is 26.3 Å². The van der Waals surface area contributed by atoms with E-state index in [-0.39, 0.29) is 23.5 Å². The Morgan fingerprint density at radius 3 is 2.79 bits per heavy atom. The van der Waals surface area contributed by atoms with Gasteiger partial charge in [0.1, 0.15) is 0 Å². The van der Waals surface area contributed by atoms with Crippen molar-refractivity contribution in [1.82, 2.24) is 9.80 Å². The third kappa shape index (κ3) is 3.86. The number of hydrogen-bond acceptors (Lipinski definition) is 4. The van der Waals surface area contributed by atoms with Gasteiger partial charge in [-0.1, -0.05) is 6.42 Å². The van der Waals surface area contributed by atoms with Crippen LogP contribution in [0.1, 0.15) is 26.2 Å². The number of amides is 1. The molecule has 5 nitrogen and oxygen atoms in total. The molecule has 1 amide bonds. The standard InChI is InChI=1S/C13H22N2O3S/c1-10-6-14-5-3-2-4-11(14)7-15(10)12(16)8-19-9-13(17)18/h10-11H,2-9H2,1H3,(H,17,18). The summed E-state index contributed by atoms with van der Waals surface area (Å²) in [6.07, 6.45) is 3.70. The van der Waals surface area contributed by atoms with Gasteiger partial charge < -0.3 is 10.0 Å². The van der Waals surface area contributed by atoms with Crippen molar-refractivity contribution in [2.45, 2.75) is 38.3 Å². The molecule has 0 saturated carbocycles. The van der Waals surface area contributed by atoms with Gasteiger partial charge >= 0.3 is 5.97 Å². The summed E-state index contributed by atoms with van der Waals surface area (Å²) in [5.74, 6) is -0.487. The Balaban J connectivity index is 1.85. The molecule has 2 atom stereocenters. The van der Waals surface area contributed by atoms with Crippen molar-refractivity contribution < 1.29 is 14.7 Å². The number of nitrogens with zero attached hydrogens (tertiary/aromatic N) is 2. The summed E-state index contributed by atoms with van der Waals surface area (Å²) < 4.78 is 0. The predicted octanol–water partition coefficient (Wildman–Crippen LogP) is 0.889. The van der Waals surface area contributed by atoms with E-state index in [4.69, 9.17) is 5.11 Å². The topological polar surface area (TPSA) is 60.9 Å². The van der Waals surface area contributed by atoms with Crippen molar-refractivity contribution in [3.8, 4) is 0 Å². The first-order valence-corrected chi connectivity index (χ1v) is 8.06. The zero-order valence-corrected chi connectivity index (χ0v) is 12.2. The van der Waals surface area contributed by atoms with Gasteiger partial charge in [0.25, 0.3) is 0 Å². The molecule has 6 heteroatoms. The van der Waals surface area contributed by atoms with Gasteiger partial charge in [-0.2, -0.15) is 0 Å². The zero-order valence-electron chi connectivity index (χ0n) is 11.4. The smallest absolute Gasteiger partial charge is 0.313 e. The average molecular weight is 286 g/mol. The normalized spacial score (nSPS) is 27.9. The molecule has 1 N–H and O–H groups in total. The molecule has 19 heavy (non-hydrogen) atoms. The number of piperazine rings is 1. The average Bonchev–Trinajstić information content (AvgIpc) is 2.37. The SMILES string of the molecule is CC1CN2CCCCC2CN1C(=O)CSCC(=O)O. The first-order valence-electron chi connectivity index (χ1n) is 6.91. The molecule has 108 valence electrons. The fraction of sp³-hybridized carbons (Fsp3) is 0.846. The van der Waals surface area contributed by atoms with E-state index >= 15 is 0 Å². The summed E-state index contributed by atoms with van der Waals surface area (Å²) >= 11 is 1.19. The predicted molar refractivity (Wildman–Crippen MR) is 75.3 cm³/mol. The van der Waals surface area contributed by atoms with Crippen LogP contribution in [0, 0.1) is 0 Å². The maximum Gasteiger partial charge on any atom is 0.313 e. The molecule has 0 aromatic rings. The highest BCUT2D eigenvalue weighted by molar-refractivity contribution is 8.00. The summed E-state index contributed by atoms with van der Waals surface area (Å²) in [6, 6.07) is 0.755. The van der Waals surface area contributed by atoms with Crippen LogP contribution >= 0.6 is 11.8 Å². The number of rotatable bonds is 4. The Morgan fingerprint density at radius 2 is 2.05 bits per heavy atom. The molecule has 2 saturated heterocycles. The van der Waals surface area contributed by atoms with Gasteiger partial charge in [0.05, 0.1) is 11.5 Å². The van der Waals surface area contributed by atoms with Crippen LogP contribution in [0.4, 0.5) is 0 Å². The molecule has 0 aliphatic carbocycles. The first kappa shape index (κ1) is 14.7. The first-order chi connectivity index (χ1) is 9.08. The van der Waals surface area contributed by atoms with Crippen molar-refractivity contribution in [3.05, 3.63) is 0 Å². The Morgan fingerprint density at radius 1 is 1.26 bits per heavy atom. The van der Waals surface area contributed by atoms with Crippen LogP contribution in [0.25, 0.3) is 0 Å². The molecule has 2 aliphatic rings. The van der Waals surface area contributed by atoms with Crippen molar-refractivity contribution in [3.63, 3.8) is 0 Å². The highest BCUT2D eigenvalue weighted by Gasteiger charge is 2.34. The Hall–Kier alpha value is -0.750. The molecule has 0 bridgehead atoms. The summed E-state index contributed by atoms with van der Waals surface area (Å²) in [7, 11) is 0. The number of aliphatic carboxylic acids is 1. The lowest BCUT2D eigenvalue weighted by Crippen LogP contribution is -2.60. The second kappa shape index (κ2) is 6.61. The molecule has 2 rings (SSSR count). The highest BCUT2D eigenvalue weighted by Crippen LogP contribution is 2.24. The summed E-state index contributed by atoms with van der Waals surface area (Å²) in [4.78, 5) is 27.1. The number of hydrogen-bond donors (Lipinski definition) is 1. The van der Waals surface area contributed by atoms with Crippen molar-refractivity contribution in [1.29, 1.82) is 0 Å². The largest absolute Gasteiger partial charge is 0.481 e. The fourth-order valence-electron chi connectivity index (χ4n) is 3.01. The van der Waals surface area contributed by atoms with Crippen LogP contribution in [0.5, 0.6) is 0 Å². The maximum atomic E-state index is 12.2. The van der Waals surface area contributed by atoms with Gasteiger partial charge in [-0.15, -0.1) is 11.8 Å². The summed E-state index contributed by atoms with van der Waals surface area (Å²) in [5, 5.41) is 8.59. The van der Waals surface area contributed by atoms with Crippen LogP contribution < -0.4 is 0 Å². The fourth-order valence-corrected chi connectivity index (χ4v) is 3.63. The van der Waals surface area contributed by atoms with E-state index < -0.39 is 5.97 Å². The number of carboxylic acids is 1. The van der Waals surface area contributed by atoms with Crippen LogP contribution in [0.3, 0.4) is 0 Å². The molecule has 0 radical (unpaired) electrons. The second-order valence-corrected chi connectivity index (χ2v) is 6.41. The molecule has 2 aliphatic heterocycles. The van der Waals surface area contributed by atoms with Gasteiger partial charge in [-0.25, -0.2) is 0 Å². The maximum absolute atomic E-state index is 12.2. The minimum Gasteiger partial charge on any atom is -0.481 e. The van der Waals surface area contributed by atoms with Crippen molar-refractivity contribution in [2.75, 3.05) is 31.1 Å². The van der Waals surface area contributed by atoms with Crippen molar-refractivity contribution >= 4 is 23.6 Å². The number of piperidine rings is 1. The monoisotopic (exact) mass is 286 g/mol. The minimum atomic E-state index is -0.858. The van der Waals surface area contributed by atoms with E-state index in [1.165, 1.54) is 31.0 Å². The lowest BCUT2D eigenvalue weighted by Gasteiger charge is -2.47. The Labute approximate surface area is 118 Å². The molecule has 2 fully saturated rings. The second-order valence-electron chi connectivity index (χ2n) is 5.43. The van der Waals surface area contributed by atoms with Crippen LogP contribution in [0.2, 0.25) is 0 Å². The molecule has 0 aromatic carbocycles. The lowest BCUT2D eigenvalue weighted by atomic mass is 9.97. The summed E-state index contributed by atoms with van der Waals surface area (Å²) in [5.41, 5.74) is 0. The number of carboxylic acid groups (broad SMARTS) is 1. The van der Waals surface area contributed by atoms with E-state index in [9.17, 15) is 9.59 Å². The lowest BCUT2D eigenvalue weighted by molar-refractivity contribution is -0.135. The molecular formula is C13H22N2O3S. The van der Waals surface area contributed by atoms with E-state index in [2.05, 4.69) is 11.8 Å². The molecule has 0 spiro atoms. The third-order valence-corrected chi connectivity index (χ3v) is 4.86. The Bertz CT molecular complexity index is 351. The van der Waals surface area contributed by atoms with Crippen LogP contribution in [-0.4, -0.2) is 70.0 Å². The van der Waals surface area contributed by atoms with E-state index in [0.717, 1.165) is 19.6 Å².